The van der Waals surface area contributed by atoms with Crippen molar-refractivity contribution in [3.8, 4) is 11.8 Å². The van der Waals surface area contributed by atoms with Crippen LogP contribution in [0.5, 0.6) is 0 Å². The number of hydrogen-bond donors (Lipinski definition) is 0. The summed E-state index contributed by atoms with van der Waals surface area (Å²) in [6.07, 6.45) is 4.44. The van der Waals surface area contributed by atoms with Crippen molar-refractivity contribution in [2.24, 2.45) is 0 Å². The molecule has 1 aromatic heterocycles. The van der Waals surface area contributed by atoms with E-state index in [1.54, 1.807) is 12.1 Å². The topological polar surface area (TPSA) is 30.2 Å². The molecule has 0 unspecified atom stereocenters. The van der Waals surface area contributed by atoms with E-state index in [4.69, 9.17) is 4.42 Å². The highest BCUT2D eigenvalue weighted by atomic mass is 16.3. The van der Waals surface area contributed by atoms with Gasteiger partial charge in [-0.2, -0.15) is 0 Å². The lowest BCUT2D eigenvalue weighted by Gasteiger charge is -1.95. The van der Waals surface area contributed by atoms with Crippen LogP contribution in [0, 0.1) is 11.8 Å². The van der Waals surface area contributed by atoms with Crippen molar-refractivity contribution in [3.63, 3.8) is 0 Å². The molecular weight excluding hydrogens is 212 g/mol. The Kier molecular flexibility index (Phi) is 3.62. The summed E-state index contributed by atoms with van der Waals surface area (Å²) in [5, 5.41) is 0.592. The van der Waals surface area contributed by atoms with Crippen LogP contribution in [0.2, 0.25) is 0 Å². The van der Waals surface area contributed by atoms with Gasteiger partial charge in [0.15, 0.2) is 0 Å². The first-order valence-electron chi connectivity index (χ1n) is 5.82. The van der Waals surface area contributed by atoms with Crippen LogP contribution in [0.25, 0.3) is 11.0 Å². The molecule has 2 rings (SSSR count). The van der Waals surface area contributed by atoms with Gasteiger partial charge in [-0.1, -0.05) is 37.3 Å². The second kappa shape index (κ2) is 5.36. The smallest absolute Gasteiger partial charge is 0.208 e. The van der Waals surface area contributed by atoms with E-state index >= 15 is 0 Å². The molecule has 0 N–H and O–H groups in total. The van der Waals surface area contributed by atoms with Gasteiger partial charge in [0.25, 0.3) is 0 Å². The summed E-state index contributed by atoms with van der Waals surface area (Å²) in [6, 6.07) is 7.22. The number of hydrogen-bond acceptors (Lipinski definition) is 2. The maximum absolute atomic E-state index is 12.0. The maximum atomic E-state index is 12.0. The molecule has 0 amide bonds. The van der Waals surface area contributed by atoms with Gasteiger partial charge in [0, 0.05) is 6.42 Å². The lowest BCUT2D eigenvalue weighted by Crippen LogP contribution is -2.05. The highest BCUT2D eigenvalue weighted by Gasteiger charge is 2.03. The van der Waals surface area contributed by atoms with Crippen molar-refractivity contribution < 1.29 is 4.42 Å². The van der Waals surface area contributed by atoms with Crippen molar-refractivity contribution in [3.05, 3.63) is 46.3 Å². The van der Waals surface area contributed by atoms with E-state index in [0.717, 1.165) is 19.3 Å². The van der Waals surface area contributed by atoms with Crippen LogP contribution in [0.4, 0.5) is 0 Å². The van der Waals surface area contributed by atoms with Crippen LogP contribution in [-0.4, -0.2) is 0 Å². The van der Waals surface area contributed by atoms with Crippen molar-refractivity contribution in [2.45, 2.75) is 26.2 Å². The van der Waals surface area contributed by atoms with Crippen molar-refractivity contribution >= 4 is 11.0 Å². The van der Waals surface area contributed by atoms with Gasteiger partial charge in [-0.25, -0.2) is 0 Å². The maximum Gasteiger partial charge on any atom is 0.208 e. The average Bonchev–Trinajstić information content (AvgIpc) is 2.37. The van der Waals surface area contributed by atoms with Crippen molar-refractivity contribution in [2.75, 3.05) is 0 Å². The van der Waals surface area contributed by atoms with E-state index in [-0.39, 0.29) is 5.43 Å². The first-order valence-corrected chi connectivity index (χ1v) is 5.82. The Bertz CT molecular complexity index is 626. The molecule has 86 valence electrons. The highest BCUT2D eigenvalue weighted by Crippen LogP contribution is 2.09. The number of benzene rings is 1. The van der Waals surface area contributed by atoms with E-state index in [1.165, 1.54) is 6.26 Å². The Hall–Kier alpha value is -2.01. The van der Waals surface area contributed by atoms with Crippen LogP contribution < -0.4 is 5.43 Å². The summed E-state index contributed by atoms with van der Waals surface area (Å²) in [5.41, 5.74) is 1.01. The van der Waals surface area contributed by atoms with E-state index in [0.29, 0.717) is 16.5 Å². The molecule has 0 atom stereocenters. The summed E-state index contributed by atoms with van der Waals surface area (Å²) < 4.78 is 5.38. The van der Waals surface area contributed by atoms with E-state index in [9.17, 15) is 4.79 Å². The molecule has 2 aromatic rings. The molecule has 0 saturated heterocycles. The summed E-state index contributed by atoms with van der Waals surface area (Å²) in [7, 11) is 0. The number of fused-ring (bicyclic) bond motifs is 1. The minimum absolute atomic E-state index is 0.0455. The van der Waals surface area contributed by atoms with Gasteiger partial charge < -0.3 is 4.42 Å². The Morgan fingerprint density at radius 1 is 1.29 bits per heavy atom. The van der Waals surface area contributed by atoms with Gasteiger partial charge in [0.05, 0.1) is 5.39 Å². The Labute approximate surface area is 100 Å². The molecular formula is C15H14O2. The summed E-state index contributed by atoms with van der Waals surface area (Å²) in [4.78, 5) is 12.0. The Morgan fingerprint density at radius 2 is 2.12 bits per heavy atom. The molecule has 2 nitrogen and oxygen atoms in total. The zero-order valence-corrected chi connectivity index (χ0v) is 9.82. The largest absolute Gasteiger partial charge is 0.463 e. The van der Waals surface area contributed by atoms with E-state index in [2.05, 4.69) is 18.8 Å². The van der Waals surface area contributed by atoms with Gasteiger partial charge in [-0.3, -0.25) is 4.79 Å². The second-order valence-electron chi connectivity index (χ2n) is 3.88. The standard InChI is InChI=1S/C15H14O2/c1-2-3-4-5-8-12-11-17-14-10-7-6-9-13(14)15(12)16/h6-7,9-11H,2-4H2,1H3. The molecule has 1 heterocycles. The minimum Gasteiger partial charge on any atom is -0.463 e. The van der Waals surface area contributed by atoms with Gasteiger partial charge in [-0.05, 0) is 18.6 Å². The fourth-order valence-electron chi connectivity index (χ4n) is 1.59. The third-order valence-corrected chi connectivity index (χ3v) is 2.56. The minimum atomic E-state index is -0.0455. The summed E-state index contributed by atoms with van der Waals surface area (Å²) in [6.45, 7) is 2.12. The monoisotopic (exact) mass is 226 g/mol. The molecule has 0 aliphatic rings. The lowest BCUT2D eigenvalue weighted by molar-refractivity contribution is 0.600. The van der Waals surface area contributed by atoms with Crippen LogP contribution in [0.3, 0.4) is 0 Å². The van der Waals surface area contributed by atoms with Gasteiger partial charge >= 0.3 is 0 Å². The highest BCUT2D eigenvalue weighted by molar-refractivity contribution is 5.77. The zero-order chi connectivity index (χ0) is 12.1. The van der Waals surface area contributed by atoms with Crippen molar-refractivity contribution in [1.82, 2.24) is 0 Å². The van der Waals surface area contributed by atoms with E-state index < -0.39 is 0 Å². The number of rotatable bonds is 2. The van der Waals surface area contributed by atoms with Crippen LogP contribution in [-0.2, 0) is 0 Å². The number of unbranched alkanes of at least 4 members (excludes halogenated alkanes) is 2. The predicted octanol–water partition coefficient (Wildman–Crippen LogP) is 3.33. The third-order valence-electron chi connectivity index (χ3n) is 2.56. The van der Waals surface area contributed by atoms with Crippen LogP contribution in [0.15, 0.2) is 39.7 Å². The molecule has 0 aliphatic carbocycles. The fraction of sp³-hybridized carbons (Fsp3) is 0.267. The first-order chi connectivity index (χ1) is 8.33. The summed E-state index contributed by atoms with van der Waals surface area (Å²) in [5.74, 6) is 5.88. The van der Waals surface area contributed by atoms with E-state index in [1.807, 2.05) is 12.1 Å². The molecule has 0 radical (unpaired) electrons. The third kappa shape index (κ3) is 2.57. The molecule has 0 bridgehead atoms. The van der Waals surface area contributed by atoms with Gasteiger partial charge in [0.1, 0.15) is 17.4 Å². The van der Waals surface area contributed by atoms with Crippen LogP contribution >= 0.6 is 0 Å². The van der Waals surface area contributed by atoms with Gasteiger partial charge in [-0.15, -0.1) is 0 Å². The summed E-state index contributed by atoms with van der Waals surface area (Å²) >= 11 is 0. The molecule has 0 aliphatic heterocycles. The zero-order valence-electron chi connectivity index (χ0n) is 9.82. The predicted molar refractivity (Wildman–Crippen MR) is 68.9 cm³/mol. The molecule has 1 aromatic carbocycles. The van der Waals surface area contributed by atoms with Gasteiger partial charge in [0.2, 0.25) is 5.43 Å². The van der Waals surface area contributed by atoms with Crippen molar-refractivity contribution in [1.29, 1.82) is 0 Å². The SMILES string of the molecule is CCCCC#Cc1coc2ccccc2c1=O. The fourth-order valence-corrected chi connectivity index (χ4v) is 1.59. The second-order valence-corrected chi connectivity index (χ2v) is 3.88. The quantitative estimate of drug-likeness (QED) is 0.580. The number of para-hydroxylation sites is 1. The molecule has 2 heteroatoms. The molecule has 0 spiro atoms. The lowest BCUT2D eigenvalue weighted by atomic mass is 10.1. The molecule has 17 heavy (non-hydrogen) atoms. The first kappa shape index (κ1) is 11.5. The average molecular weight is 226 g/mol. The normalized spacial score (nSPS) is 9.94. The van der Waals surface area contributed by atoms with Crippen LogP contribution in [0.1, 0.15) is 31.7 Å². The Balaban J connectivity index is 2.38. The molecule has 0 saturated carbocycles. The Morgan fingerprint density at radius 3 is 2.94 bits per heavy atom. The molecule has 0 fully saturated rings.